The lowest BCUT2D eigenvalue weighted by Crippen LogP contribution is -2.29. The first-order chi connectivity index (χ1) is 31.7. The van der Waals surface area contributed by atoms with E-state index < -0.39 is 0 Å². The normalized spacial score (nSPS) is 15.7. The van der Waals surface area contributed by atoms with Gasteiger partial charge in [-0.15, -0.1) is 0 Å². The summed E-state index contributed by atoms with van der Waals surface area (Å²) in [5.74, 6) is 0.467. The summed E-state index contributed by atoms with van der Waals surface area (Å²) in [4.78, 5) is 2.48. The van der Waals surface area contributed by atoms with E-state index in [9.17, 15) is 0 Å². The van der Waals surface area contributed by atoms with Crippen LogP contribution in [0.4, 0.5) is 11.4 Å². The van der Waals surface area contributed by atoms with Crippen LogP contribution in [0.5, 0.6) is 0 Å². The second-order valence-electron chi connectivity index (χ2n) is 17.2. The Bertz CT molecular complexity index is 3480. The number of anilines is 2. The Balaban J connectivity index is 1.01. The molecule has 1 aromatic heterocycles. The van der Waals surface area contributed by atoms with Gasteiger partial charge in [0.1, 0.15) is 0 Å². The van der Waals surface area contributed by atoms with Crippen molar-refractivity contribution in [2.75, 3.05) is 4.90 Å². The Morgan fingerprint density at radius 1 is 0.453 bits per heavy atom. The molecule has 64 heavy (non-hydrogen) atoms. The molecule has 2 atom stereocenters. The van der Waals surface area contributed by atoms with Crippen molar-refractivity contribution < 1.29 is 0 Å². The smallest absolute Gasteiger partial charge is 0.0544 e. The molecule has 1 heterocycles. The van der Waals surface area contributed by atoms with E-state index in [1.54, 1.807) is 0 Å². The number of fused-ring (bicyclic) bond motifs is 6. The van der Waals surface area contributed by atoms with E-state index in [2.05, 4.69) is 252 Å². The van der Waals surface area contributed by atoms with Gasteiger partial charge in [0, 0.05) is 45.4 Å². The summed E-state index contributed by atoms with van der Waals surface area (Å²) < 4.78 is 2.42. The molecule has 2 aliphatic rings. The van der Waals surface area contributed by atoms with Gasteiger partial charge >= 0.3 is 0 Å². The third-order valence-electron chi connectivity index (χ3n) is 13.4. The zero-order valence-electron chi connectivity index (χ0n) is 35.6. The largest absolute Gasteiger partial charge is 0.311 e. The summed E-state index contributed by atoms with van der Waals surface area (Å²) in [6.07, 6.45) is 14.0. The van der Waals surface area contributed by atoms with E-state index in [-0.39, 0.29) is 5.92 Å². The molecule has 9 aromatic carbocycles. The Morgan fingerprint density at radius 3 is 1.86 bits per heavy atom. The molecule has 0 fully saturated rings. The molecule has 0 amide bonds. The van der Waals surface area contributed by atoms with Gasteiger partial charge in [0.25, 0.3) is 0 Å². The highest BCUT2D eigenvalue weighted by Crippen LogP contribution is 2.43. The molecule has 0 aliphatic heterocycles. The number of rotatable bonds is 8. The molecular formula is C62H46N2. The van der Waals surface area contributed by atoms with Gasteiger partial charge in [-0.05, 0) is 128 Å². The lowest BCUT2D eigenvalue weighted by molar-refractivity contribution is 0.845. The SMILES string of the molecule is C1=CC(N(c2ccc(C3C=c4ccc5ccccc5c4=CC3)cc2)c2cc(-c3ccccc3)cc(-c3ccccc3)c2)=CC(c2cccc3c2c2ccccc2n3-c2ccccc2)C1. The van der Waals surface area contributed by atoms with Crippen molar-refractivity contribution in [3.63, 3.8) is 0 Å². The van der Waals surface area contributed by atoms with Crippen molar-refractivity contribution in [1.29, 1.82) is 0 Å². The highest BCUT2D eigenvalue weighted by Gasteiger charge is 2.24. The molecule has 304 valence electrons. The number of para-hydroxylation sites is 2. The average Bonchev–Trinajstić information content (AvgIpc) is 3.72. The Morgan fingerprint density at radius 2 is 1.11 bits per heavy atom. The van der Waals surface area contributed by atoms with E-state index in [1.807, 2.05) is 0 Å². The Labute approximate surface area is 374 Å². The number of hydrogen-bond donors (Lipinski definition) is 0. The van der Waals surface area contributed by atoms with E-state index in [0.717, 1.165) is 29.9 Å². The van der Waals surface area contributed by atoms with Crippen LogP contribution in [-0.4, -0.2) is 4.57 Å². The first-order valence-electron chi connectivity index (χ1n) is 22.6. The summed E-state index contributed by atoms with van der Waals surface area (Å²) >= 11 is 0. The van der Waals surface area contributed by atoms with Gasteiger partial charge in [-0.2, -0.15) is 0 Å². The van der Waals surface area contributed by atoms with Crippen LogP contribution in [0.1, 0.15) is 35.8 Å². The van der Waals surface area contributed by atoms with Crippen LogP contribution < -0.4 is 15.3 Å². The summed E-state index contributed by atoms with van der Waals surface area (Å²) in [7, 11) is 0. The summed E-state index contributed by atoms with van der Waals surface area (Å²) in [5.41, 5.74) is 14.5. The second-order valence-corrected chi connectivity index (χ2v) is 17.2. The van der Waals surface area contributed by atoms with Crippen LogP contribution in [0, 0.1) is 0 Å². The standard InChI is InChI=1S/C62H46N2/c1-4-16-43(17-5-1)50-39-51(44-18-6-2-7-19-44)42-55(41-50)63(53-35-32-45(33-36-53)47-34-37-57-49(38-47)31-30-46-20-10-11-25-56(46)57)54-24-14-21-48(40-54)58-27-15-29-61-62(58)59-26-12-13-28-60(59)64(61)52-22-8-3-9-23-52/h1-20,22-33,35-42,47-48H,21,34H2. The van der Waals surface area contributed by atoms with Gasteiger partial charge in [0.2, 0.25) is 0 Å². The van der Waals surface area contributed by atoms with Gasteiger partial charge in [0.15, 0.2) is 0 Å². The average molecular weight is 819 g/mol. The van der Waals surface area contributed by atoms with Gasteiger partial charge in [-0.3, -0.25) is 0 Å². The van der Waals surface area contributed by atoms with Crippen molar-refractivity contribution in [2.45, 2.75) is 24.7 Å². The fourth-order valence-electron chi connectivity index (χ4n) is 10.3. The molecule has 10 aromatic rings. The lowest BCUT2D eigenvalue weighted by atomic mass is 9.87. The van der Waals surface area contributed by atoms with Crippen molar-refractivity contribution in [2.24, 2.45) is 0 Å². The Hall–Kier alpha value is -7.94. The first kappa shape index (κ1) is 37.8. The molecule has 0 radical (unpaired) electrons. The van der Waals surface area contributed by atoms with Crippen LogP contribution in [0.25, 0.3) is 72.7 Å². The molecule has 2 unspecified atom stereocenters. The predicted molar refractivity (Wildman–Crippen MR) is 271 cm³/mol. The molecule has 2 heteroatoms. The van der Waals surface area contributed by atoms with E-state index >= 15 is 0 Å². The minimum absolute atomic E-state index is 0.162. The minimum atomic E-state index is 0.162. The fraction of sp³-hybridized carbons (Fsp3) is 0.0645. The molecule has 0 saturated heterocycles. The molecule has 0 bridgehead atoms. The van der Waals surface area contributed by atoms with E-state index in [0.29, 0.717) is 5.92 Å². The van der Waals surface area contributed by atoms with Crippen LogP contribution in [0.2, 0.25) is 0 Å². The number of aromatic nitrogens is 1. The number of benzene rings is 9. The van der Waals surface area contributed by atoms with Gasteiger partial charge < -0.3 is 9.47 Å². The second kappa shape index (κ2) is 16.1. The monoisotopic (exact) mass is 818 g/mol. The van der Waals surface area contributed by atoms with Gasteiger partial charge in [0.05, 0.1) is 11.0 Å². The summed E-state index contributed by atoms with van der Waals surface area (Å²) in [6.45, 7) is 0. The zero-order chi connectivity index (χ0) is 42.4. The number of allylic oxidation sites excluding steroid dienone is 3. The molecule has 0 saturated carbocycles. The highest BCUT2D eigenvalue weighted by atomic mass is 15.1. The zero-order valence-corrected chi connectivity index (χ0v) is 35.6. The van der Waals surface area contributed by atoms with Crippen LogP contribution in [0.15, 0.2) is 236 Å². The van der Waals surface area contributed by atoms with Gasteiger partial charge in [-0.1, -0.05) is 182 Å². The van der Waals surface area contributed by atoms with E-state index in [4.69, 9.17) is 0 Å². The highest BCUT2D eigenvalue weighted by molar-refractivity contribution is 6.11. The maximum Gasteiger partial charge on any atom is 0.0544 e. The van der Waals surface area contributed by atoms with Crippen molar-refractivity contribution in [3.05, 3.63) is 258 Å². The third kappa shape index (κ3) is 6.76. The molecule has 0 spiro atoms. The van der Waals surface area contributed by atoms with Crippen molar-refractivity contribution >= 4 is 56.1 Å². The predicted octanol–water partition coefficient (Wildman–Crippen LogP) is 14.8. The molecular weight excluding hydrogens is 773 g/mol. The van der Waals surface area contributed by atoms with E-state index in [1.165, 1.54) is 82.1 Å². The quantitative estimate of drug-likeness (QED) is 0.148. The molecule has 12 rings (SSSR count). The topological polar surface area (TPSA) is 8.17 Å². The summed E-state index contributed by atoms with van der Waals surface area (Å²) in [5, 5.41) is 7.90. The van der Waals surface area contributed by atoms with Gasteiger partial charge in [-0.25, -0.2) is 0 Å². The summed E-state index contributed by atoms with van der Waals surface area (Å²) in [6, 6.07) is 77.9. The molecule has 0 N–H and O–H groups in total. The lowest BCUT2D eigenvalue weighted by Gasteiger charge is -2.31. The number of nitrogens with zero attached hydrogens (tertiary/aromatic N) is 2. The fourth-order valence-corrected chi connectivity index (χ4v) is 10.3. The van der Waals surface area contributed by atoms with Crippen molar-refractivity contribution in [1.82, 2.24) is 4.57 Å². The molecule has 2 nitrogen and oxygen atoms in total. The van der Waals surface area contributed by atoms with Crippen LogP contribution in [-0.2, 0) is 0 Å². The van der Waals surface area contributed by atoms with Crippen LogP contribution >= 0.6 is 0 Å². The first-order valence-corrected chi connectivity index (χ1v) is 22.6. The Kier molecular flexibility index (Phi) is 9.49. The van der Waals surface area contributed by atoms with Crippen molar-refractivity contribution in [3.8, 4) is 27.9 Å². The number of hydrogen-bond acceptors (Lipinski definition) is 1. The third-order valence-corrected chi connectivity index (χ3v) is 13.4. The van der Waals surface area contributed by atoms with Crippen LogP contribution in [0.3, 0.4) is 0 Å². The molecule has 2 aliphatic carbocycles. The maximum absolute atomic E-state index is 2.51. The maximum atomic E-state index is 2.51. The minimum Gasteiger partial charge on any atom is -0.311 e.